The number of hydrogen-bond donors (Lipinski definition) is 0. The van der Waals surface area contributed by atoms with Gasteiger partial charge in [0.1, 0.15) is 5.75 Å². The maximum atomic E-state index is 12.7. The second-order valence-electron chi connectivity index (χ2n) is 6.27. The first-order valence-electron chi connectivity index (χ1n) is 8.73. The zero-order valence-corrected chi connectivity index (χ0v) is 16.8. The Morgan fingerprint density at radius 2 is 1.56 bits per heavy atom. The van der Waals surface area contributed by atoms with Gasteiger partial charge in [0.2, 0.25) is 15.9 Å². The van der Waals surface area contributed by atoms with Crippen molar-refractivity contribution in [3.05, 3.63) is 65.7 Å². The summed E-state index contributed by atoms with van der Waals surface area (Å²) in [5, 5.41) is 0. The molecule has 6 nitrogen and oxygen atoms in total. The first-order valence-corrected chi connectivity index (χ1v) is 10.6. The molecule has 0 aliphatic carbocycles. The predicted molar refractivity (Wildman–Crippen MR) is 106 cm³/mol. The maximum Gasteiger partial charge on any atom is 0.238 e. The number of sulfonamides is 1. The highest BCUT2D eigenvalue weighted by Gasteiger charge is 2.23. The second-order valence-corrected chi connectivity index (χ2v) is 8.26. The lowest BCUT2D eigenvalue weighted by atomic mass is 10.2. The van der Waals surface area contributed by atoms with Gasteiger partial charge in [-0.05, 0) is 30.2 Å². The Kier molecular flexibility index (Phi) is 7.38. The number of rotatable bonds is 9. The number of likely N-dealkylation sites (N-methyl/N-ethyl adjacent to an activating group) is 1. The van der Waals surface area contributed by atoms with Crippen molar-refractivity contribution < 1.29 is 17.9 Å². The van der Waals surface area contributed by atoms with Crippen molar-refractivity contribution in [1.82, 2.24) is 9.21 Å². The number of hydrogen-bond acceptors (Lipinski definition) is 4. The van der Waals surface area contributed by atoms with Crippen LogP contribution in [0.3, 0.4) is 0 Å². The number of methoxy groups -OCH3 is 1. The molecule has 0 saturated carbocycles. The Balaban J connectivity index is 2.10. The molecule has 2 rings (SSSR count). The van der Waals surface area contributed by atoms with Crippen molar-refractivity contribution in [1.29, 1.82) is 0 Å². The molecular formula is C20H26N2O4S. The topological polar surface area (TPSA) is 66.9 Å². The van der Waals surface area contributed by atoms with Crippen LogP contribution in [-0.2, 0) is 27.9 Å². The summed E-state index contributed by atoms with van der Waals surface area (Å²) in [6.07, 6.45) is 1.12. The van der Waals surface area contributed by atoms with E-state index in [1.54, 1.807) is 36.3 Å². The van der Waals surface area contributed by atoms with Crippen molar-refractivity contribution in [2.75, 3.05) is 26.5 Å². The van der Waals surface area contributed by atoms with Crippen molar-refractivity contribution in [3.63, 3.8) is 0 Å². The number of carbonyl (C=O) groups excluding carboxylic acids is 1. The summed E-state index contributed by atoms with van der Waals surface area (Å²) in [7, 11) is -1.96. The van der Waals surface area contributed by atoms with Crippen molar-refractivity contribution in [2.24, 2.45) is 0 Å². The van der Waals surface area contributed by atoms with Crippen molar-refractivity contribution in [3.8, 4) is 5.75 Å². The number of benzene rings is 2. The molecule has 2 aromatic carbocycles. The van der Waals surface area contributed by atoms with Gasteiger partial charge in [0.15, 0.2) is 0 Å². The molecule has 0 saturated heterocycles. The van der Waals surface area contributed by atoms with Crippen LogP contribution in [0.1, 0.15) is 18.1 Å². The lowest BCUT2D eigenvalue weighted by Crippen LogP contribution is -2.41. The number of nitrogens with zero attached hydrogens (tertiary/aromatic N) is 2. The van der Waals surface area contributed by atoms with E-state index in [0.29, 0.717) is 18.8 Å². The van der Waals surface area contributed by atoms with Gasteiger partial charge >= 0.3 is 0 Å². The van der Waals surface area contributed by atoms with Gasteiger partial charge in [-0.25, -0.2) is 8.42 Å². The molecule has 0 heterocycles. The van der Waals surface area contributed by atoms with Gasteiger partial charge in [-0.15, -0.1) is 0 Å². The smallest absolute Gasteiger partial charge is 0.238 e. The van der Waals surface area contributed by atoms with Gasteiger partial charge in [-0.3, -0.25) is 4.79 Å². The van der Waals surface area contributed by atoms with Gasteiger partial charge < -0.3 is 9.64 Å². The van der Waals surface area contributed by atoms with Gasteiger partial charge in [0.25, 0.3) is 0 Å². The summed E-state index contributed by atoms with van der Waals surface area (Å²) in [6.45, 7) is 2.79. The third-order valence-corrected chi connectivity index (χ3v) is 5.45. The van der Waals surface area contributed by atoms with Crippen LogP contribution in [0.25, 0.3) is 0 Å². The molecule has 0 fully saturated rings. The molecule has 27 heavy (non-hydrogen) atoms. The first kappa shape index (κ1) is 20.9. The van der Waals surface area contributed by atoms with E-state index in [0.717, 1.165) is 17.4 Å². The van der Waals surface area contributed by atoms with Crippen LogP contribution < -0.4 is 4.74 Å². The molecule has 2 aromatic rings. The zero-order valence-electron chi connectivity index (χ0n) is 16.0. The largest absolute Gasteiger partial charge is 0.497 e. The normalized spacial score (nSPS) is 11.4. The molecule has 0 atom stereocenters. The second kappa shape index (κ2) is 9.53. The quantitative estimate of drug-likeness (QED) is 0.660. The Bertz CT molecular complexity index is 836. The Morgan fingerprint density at radius 3 is 2.07 bits per heavy atom. The minimum atomic E-state index is -3.53. The fraction of sp³-hybridized carbons (Fsp3) is 0.350. The predicted octanol–water partition coefficient (Wildman–Crippen LogP) is 2.51. The molecule has 0 bridgehead atoms. The third kappa shape index (κ3) is 6.37. The van der Waals surface area contributed by atoms with Crippen LogP contribution in [0.5, 0.6) is 5.75 Å². The fourth-order valence-electron chi connectivity index (χ4n) is 2.66. The van der Waals surface area contributed by atoms with Gasteiger partial charge in [0.05, 0.1) is 19.9 Å². The average Bonchev–Trinajstić information content (AvgIpc) is 2.66. The highest BCUT2D eigenvalue weighted by atomic mass is 32.2. The standard InChI is InChI=1S/C20H26N2O4S/c1-4-21(14-17-8-6-5-7-9-17)20(23)16-22(27(3,24)25)15-18-10-12-19(26-2)13-11-18/h5-13H,4,14-16H2,1-3H3. The van der Waals surface area contributed by atoms with Crippen molar-refractivity contribution >= 4 is 15.9 Å². The number of ether oxygens (including phenoxy) is 1. The van der Waals surface area contributed by atoms with Crippen LogP contribution in [0.4, 0.5) is 0 Å². The molecule has 0 spiro atoms. The molecule has 0 unspecified atom stereocenters. The van der Waals surface area contributed by atoms with Crippen LogP contribution in [-0.4, -0.2) is 50.0 Å². The average molecular weight is 391 g/mol. The van der Waals surface area contributed by atoms with E-state index in [1.165, 1.54) is 4.31 Å². The lowest BCUT2D eigenvalue weighted by Gasteiger charge is -2.25. The number of amides is 1. The van der Waals surface area contributed by atoms with Crippen LogP contribution in [0.2, 0.25) is 0 Å². The summed E-state index contributed by atoms with van der Waals surface area (Å²) >= 11 is 0. The zero-order chi connectivity index (χ0) is 19.9. The van der Waals surface area contributed by atoms with E-state index in [1.807, 2.05) is 37.3 Å². The molecule has 0 N–H and O–H groups in total. The van der Waals surface area contributed by atoms with E-state index in [4.69, 9.17) is 4.74 Å². The summed E-state index contributed by atoms with van der Waals surface area (Å²) in [5.74, 6) is 0.473. The monoisotopic (exact) mass is 390 g/mol. The van der Waals surface area contributed by atoms with Crippen molar-refractivity contribution in [2.45, 2.75) is 20.0 Å². The molecule has 0 aromatic heterocycles. The SMILES string of the molecule is CCN(Cc1ccccc1)C(=O)CN(Cc1ccc(OC)cc1)S(C)(=O)=O. The number of carbonyl (C=O) groups is 1. The minimum Gasteiger partial charge on any atom is -0.497 e. The lowest BCUT2D eigenvalue weighted by molar-refractivity contribution is -0.131. The van der Waals surface area contributed by atoms with Gasteiger partial charge in [-0.2, -0.15) is 4.31 Å². The Hall–Kier alpha value is -2.38. The van der Waals surface area contributed by atoms with Crippen LogP contribution >= 0.6 is 0 Å². The van der Waals surface area contributed by atoms with E-state index < -0.39 is 10.0 Å². The molecule has 146 valence electrons. The summed E-state index contributed by atoms with van der Waals surface area (Å²) in [6, 6.07) is 16.8. The van der Waals surface area contributed by atoms with E-state index >= 15 is 0 Å². The fourth-order valence-corrected chi connectivity index (χ4v) is 3.38. The summed E-state index contributed by atoms with van der Waals surface area (Å²) in [4.78, 5) is 14.4. The molecule has 7 heteroatoms. The Labute approximate surface area is 161 Å². The molecule has 0 radical (unpaired) electrons. The van der Waals surface area contributed by atoms with E-state index in [2.05, 4.69) is 0 Å². The highest BCUT2D eigenvalue weighted by Crippen LogP contribution is 2.15. The molecular weight excluding hydrogens is 364 g/mol. The first-order chi connectivity index (χ1) is 12.8. The van der Waals surface area contributed by atoms with Gasteiger partial charge in [0, 0.05) is 19.6 Å². The van der Waals surface area contributed by atoms with E-state index in [9.17, 15) is 13.2 Å². The summed E-state index contributed by atoms with van der Waals surface area (Å²) < 4.78 is 30.7. The van der Waals surface area contributed by atoms with E-state index in [-0.39, 0.29) is 19.0 Å². The minimum absolute atomic E-state index is 0.136. The highest BCUT2D eigenvalue weighted by molar-refractivity contribution is 7.88. The molecule has 0 aliphatic rings. The maximum absolute atomic E-state index is 12.7. The molecule has 0 aliphatic heterocycles. The van der Waals surface area contributed by atoms with Crippen LogP contribution in [0.15, 0.2) is 54.6 Å². The molecule has 1 amide bonds. The van der Waals surface area contributed by atoms with Crippen LogP contribution in [0, 0.1) is 0 Å². The Morgan fingerprint density at radius 1 is 0.963 bits per heavy atom. The third-order valence-electron chi connectivity index (χ3n) is 4.25. The summed E-state index contributed by atoms with van der Waals surface area (Å²) in [5.41, 5.74) is 1.80. The van der Waals surface area contributed by atoms with Gasteiger partial charge in [-0.1, -0.05) is 42.5 Å².